The third-order valence-corrected chi connectivity index (χ3v) is 3.43. The van der Waals surface area contributed by atoms with Gasteiger partial charge < -0.3 is 10.3 Å². The summed E-state index contributed by atoms with van der Waals surface area (Å²) in [5, 5.41) is 4.91. The summed E-state index contributed by atoms with van der Waals surface area (Å²) in [5.41, 5.74) is 8.34. The molecule has 2 aromatic heterocycles. The molecule has 0 saturated heterocycles. The van der Waals surface area contributed by atoms with Crippen LogP contribution in [0.4, 0.5) is 5.69 Å². The molecule has 0 saturated carbocycles. The molecular formula is C14H16ClN5. The molecule has 0 radical (unpaired) electrons. The molecule has 104 valence electrons. The smallest absolute Gasteiger partial charge is 0.131 e. The number of nitrogens with two attached hydrogens (primary N) is 1. The highest BCUT2D eigenvalue weighted by Crippen LogP contribution is 2.24. The van der Waals surface area contributed by atoms with Gasteiger partial charge in [0.25, 0.3) is 0 Å². The minimum absolute atomic E-state index is 0.309. The zero-order chi connectivity index (χ0) is 14.3. The van der Waals surface area contributed by atoms with E-state index in [4.69, 9.17) is 17.3 Å². The summed E-state index contributed by atoms with van der Waals surface area (Å²) in [4.78, 5) is 4.68. The predicted molar refractivity (Wildman–Crippen MR) is 80.9 cm³/mol. The van der Waals surface area contributed by atoms with Gasteiger partial charge in [-0.25, -0.2) is 4.98 Å². The lowest BCUT2D eigenvalue weighted by molar-refractivity contribution is 0.551. The SMILES string of the molecule is CC(C)n1c(Cn2cc(N)cn2)nc2cc(Cl)ccc21. The minimum Gasteiger partial charge on any atom is -0.396 e. The second-order valence-corrected chi connectivity index (χ2v) is 5.53. The molecule has 0 aliphatic heterocycles. The van der Waals surface area contributed by atoms with Gasteiger partial charge in [0.05, 0.1) is 29.5 Å². The van der Waals surface area contributed by atoms with Crippen molar-refractivity contribution in [2.45, 2.75) is 26.4 Å². The standard InChI is InChI=1S/C14H16ClN5/c1-9(2)20-13-4-3-10(15)5-12(13)18-14(20)8-19-7-11(16)6-17-19/h3-7,9H,8,16H2,1-2H3. The number of fused-ring (bicyclic) bond motifs is 1. The molecule has 0 fully saturated rings. The van der Waals surface area contributed by atoms with E-state index in [1.165, 1.54) is 0 Å². The van der Waals surface area contributed by atoms with Crippen LogP contribution < -0.4 is 5.73 Å². The molecule has 0 bridgehead atoms. The Bertz CT molecular complexity index is 756. The van der Waals surface area contributed by atoms with Gasteiger partial charge in [-0.1, -0.05) is 11.6 Å². The number of nitrogen functional groups attached to an aromatic ring is 1. The number of rotatable bonds is 3. The fourth-order valence-corrected chi connectivity index (χ4v) is 2.59. The molecule has 20 heavy (non-hydrogen) atoms. The Kier molecular flexibility index (Phi) is 3.14. The minimum atomic E-state index is 0.309. The van der Waals surface area contributed by atoms with Gasteiger partial charge in [0, 0.05) is 17.3 Å². The number of benzene rings is 1. The number of anilines is 1. The van der Waals surface area contributed by atoms with Gasteiger partial charge in [0.1, 0.15) is 5.82 Å². The monoisotopic (exact) mass is 289 g/mol. The summed E-state index contributed by atoms with van der Waals surface area (Å²) in [6.45, 7) is 4.86. The van der Waals surface area contributed by atoms with Crippen LogP contribution in [0.15, 0.2) is 30.6 Å². The molecule has 0 atom stereocenters. The second kappa shape index (κ2) is 4.83. The third-order valence-electron chi connectivity index (χ3n) is 3.20. The van der Waals surface area contributed by atoms with E-state index in [-0.39, 0.29) is 0 Å². The Labute approximate surface area is 122 Å². The Morgan fingerprint density at radius 1 is 1.35 bits per heavy atom. The van der Waals surface area contributed by atoms with Crippen LogP contribution in [0.5, 0.6) is 0 Å². The third kappa shape index (κ3) is 2.25. The molecule has 5 nitrogen and oxygen atoms in total. The maximum absolute atomic E-state index is 6.04. The molecule has 3 aromatic rings. The largest absolute Gasteiger partial charge is 0.396 e. The molecular weight excluding hydrogens is 274 g/mol. The van der Waals surface area contributed by atoms with Crippen LogP contribution in [-0.4, -0.2) is 19.3 Å². The number of halogens is 1. The van der Waals surface area contributed by atoms with Gasteiger partial charge >= 0.3 is 0 Å². The first-order valence-corrected chi connectivity index (χ1v) is 6.86. The first-order valence-electron chi connectivity index (χ1n) is 6.49. The van der Waals surface area contributed by atoms with E-state index in [0.717, 1.165) is 16.9 Å². The normalized spacial score (nSPS) is 11.6. The molecule has 6 heteroatoms. The van der Waals surface area contributed by atoms with E-state index < -0.39 is 0 Å². The summed E-state index contributed by atoms with van der Waals surface area (Å²) >= 11 is 6.04. The van der Waals surface area contributed by atoms with Crippen LogP contribution in [0.3, 0.4) is 0 Å². The second-order valence-electron chi connectivity index (χ2n) is 5.10. The number of aromatic nitrogens is 4. The fourth-order valence-electron chi connectivity index (χ4n) is 2.42. The van der Waals surface area contributed by atoms with E-state index in [1.807, 2.05) is 18.2 Å². The van der Waals surface area contributed by atoms with Crippen LogP contribution in [0, 0.1) is 0 Å². The number of hydrogen-bond acceptors (Lipinski definition) is 3. The summed E-state index contributed by atoms with van der Waals surface area (Å²) < 4.78 is 3.99. The predicted octanol–water partition coefficient (Wildman–Crippen LogP) is 3.10. The average Bonchev–Trinajstić information content (AvgIpc) is 2.92. The molecule has 1 aromatic carbocycles. The Balaban J connectivity index is 2.11. The van der Waals surface area contributed by atoms with E-state index in [0.29, 0.717) is 23.3 Å². The first kappa shape index (κ1) is 13.0. The van der Waals surface area contributed by atoms with E-state index >= 15 is 0 Å². The molecule has 2 heterocycles. The van der Waals surface area contributed by atoms with Crippen molar-refractivity contribution in [1.29, 1.82) is 0 Å². The van der Waals surface area contributed by atoms with Gasteiger partial charge in [0.2, 0.25) is 0 Å². The lowest BCUT2D eigenvalue weighted by Gasteiger charge is -2.13. The zero-order valence-corrected chi connectivity index (χ0v) is 12.2. The molecule has 0 aliphatic carbocycles. The van der Waals surface area contributed by atoms with Crippen molar-refractivity contribution < 1.29 is 0 Å². The molecule has 0 amide bonds. The summed E-state index contributed by atoms with van der Waals surface area (Å²) in [7, 11) is 0. The van der Waals surface area contributed by atoms with Crippen LogP contribution in [0.1, 0.15) is 25.7 Å². The Morgan fingerprint density at radius 2 is 2.15 bits per heavy atom. The average molecular weight is 290 g/mol. The molecule has 0 spiro atoms. The molecule has 0 unspecified atom stereocenters. The molecule has 0 aliphatic rings. The van der Waals surface area contributed by atoms with Crippen molar-refractivity contribution in [2.24, 2.45) is 0 Å². The highest BCUT2D eigenvalue weighted by molar-refractivity contribution is 6.31. The van der Waals surface area contributed by atoms with Crippen molar-refractivity contribution in [2.75, 3.05) is 5.73 Å². The number of hydrogen-bond donors (Lipinski definition) is 1. The van der Waals surface area contributed by atoms with Crippen LogP contribution >= 0.6 is 11.6 Å². The lowest BCUT2D eigenvalue weighted by atomic mass is 10.3. The van der Waals surface area contributed by atoms with Crippen molar-refractivity contribution in [3.8, 4) is 0 Å². The first-order chi connectivity index (χ1) is 9.54. The molecule has 3 rings (SSSR count). The Hall–Kier alpha value is -2.01. The summed E-state index contributed by atoms with van der Waals surface area (Å²) in [6.07, 6.45) is 3.44. The molecule has 2 N–H and O–H groups in total. The van der Waals surface area contributed by atoms with Crippen molar-refractivity contribution in [3.05, 3.63) is 41.4 Å². The van der Waals surface area contributed by atoms with Crippen molar-refractivity contribution >= 4 is 28.3 Å². The van der Waals surface area contributed by atoms with Crippen LogP contribution in [0.25, 0.3) is 11.0 Å². The highest BCUT2D eigenvalue weighted by Gasteiger charge is 2.14. The highest BCUT2D eigenvalue weighted by atomic mass is 35.5. The topological polar surface area (TPSA) is 61.7 Å². The van der Waals surface area contributed by atoms with Gasteiger partial charge in [-0.2, -0.15) is 5.10 Å². The lowest BCUT2D eigenvalue weighted by Crippen LogP contribution is -2.11. The van der Waals surface area contributed by atoms with Crippen molar-refractivity contribution in [1.82, 2.24) is 19.3 Å². The maximum Gasteiger partial charge on any atom is 0.131 e. The number of nitrogens with zero attached hydrogens (tertiary/aromatic N) is 4. The fraction of sp³-hybridized carbons (Fsp3) is 0.286. The van der Waals surface area contributed by atoms with Gasteiger partial charge in [-0.05, 0) is 32.0 Å². The van der Waals surface area contributed by atoms with Gasteiger partial charge in [-0.3, -0.25) is 4.68 Å². The zero-order valence-electron chi connectivity index (χ0n) is 11.4. The van der Waals surface area contributed by atoms with Crippen molar-refractivity contribution in [3.63, 3.8) is 0 Å². The Morgan fingerprint density at radius 3 is 2.80 bits per heavy atom. The van der Waals surface area contributed by atoms with Gasteiger partial charge in [0.15, 0.2) is 0 Å². The van der Waals surface area contributed by atoms with Crippen LogP contribution in [-0.2, 0) is 6.54 Å². The summed E-state index contributed by atoms with van der Waals surface area (Å²) in [5.74, 6) is 0.945. The number of imidazole rings is 1. The quantitative estimate of drug-likeness (QED) is 0.806. The van der Waals surface area contributed by atoms with Crippen LogP contribution in [0.2, 0.25) is 5.02 Å². The van der Waals surface area contributed by atoms with E-state index in [9.17, 15) is 0 Å². The van der Waals surface area contributed by atoms with Gasteiger partial charge in [-0.15, -0.1) is 0 Å². The summed E-state index contributed by atoms with van der Waals surface area (Å²) in [6, 6.07) is 6.09. The van der Waals surface area contributed by atoms with E-state index in [1.54, 1.807) is 17.1 Å². The maximum atomic E-state index is 6.04. The van der Waals surface area contributed by atoms with E-state index in [2.05, 4.69) is 28.5 Å².